The van der Waals surface area contributed by atoms with E-state index in [0.717, 1.165) is 13.0 Å². The third-order valence-electron chi connectivity index (χ3n) is 1.05. The first-order valence-electron chi connectivity index (χ1n) is 2.63. The monoisotopic (exact) mass is 152 g/mol. The molecule has 0 heterocycles. The van der Waals surface area contributed by atoms with Gasteiger partial charge in [-0.3, -0.25) is 4.79 Å². The minimum absolute atomic E-state index is 0.968. The fourth-order valence-corrected chi connectivity index (χ4v) is 0.365. The van der Waals surface area contributed by atoms with E-state index in [1.807, 2.05) is 0 Å². The SMILES string of the molecule is C=CC(C)C(=O)C(F)(F)F. The van der Waals surface area contributed by atoms with Crippen molar-refractivity contribution in [1.82, 2.24) is 0 Å². The van der Waals surface area contributed by atoms with Crippen molar-refractivity contribution in [2.45, 2.75) is 13.1 Å². The Hall–Kier alpha value is -0.800. The minimum atomic E-state index is -4.73. The molecule has 0 aromatic rings. The van der Waals surface area contributed by atoms with Gasteiger partial charge in [0.15, 0.2) is 0 Å². The van der Waals surface area contributed by atoms with Crippen LogP contribution in [0.15, 0.2) is 12.7 Å². The molecule has 0 saturated heterocycles. The van der Waals surface area contributed by atoms with Crippen LogP contribution in [0.5, 0.6) is 0 Å². The molecule has 4 heteroatoms. The average molecular weight is 152 g/mol. The maximum Gasteiger partial charge on any atom is 0.450 e. The summed E-state index contributed by atoms with van der Waals surface area (Å²) in [5, 5.41) is 0. The molecule has 1 nitrogen and oxygen atoms in total. The summed E-state index contributed by atoms with van der Waals surface area (Å²) in [5.41, 5.74) is 0. The Morgan fingerprint density at radius 1 is 1.60 bits per heavy atom. The molecular formula is C6H7F3O. The number of alkyl halides is 3. The lowest BCUT2D eigenvalue weighted by atomic mass is 10.1. The number of carbonyl (C=O) groups is 1. The summed E-state index contributed by atoms with van der Waals surface area (Å²) in [5.74, 6) is -2.89. The van der Waals surface area contributed by atoms with E-state index in [-0.39, 0.29) is 0 Å². The van der Waals surface area contributed by atoms with Crippen molar-refractivity contribution in [3.05, 3.63) is 12.7 Å². The van der Waals surface area contributed by atoms with Crippen LogP contribution in [0.3, 0.4) is 0 Å². The number of ketones is 1. The first kappa shape index (κ1) is 9.20. The first-order valence-corrected chi connectivity index (χ1v) is 2.63. The Kier molecular flexibility index (Phi) is 2.63. The Labute approximate surface area is 56.5 Å². The van der Waals surface area contributed by atoms with Crippen LogP contribution >= 0.6 is 0 Å². The van der Waals surface area contributed by atoms with Gasteiger partial charge in [0.05, 0.1) is 0 Å². The van der Waals surface area contributed by atoms with Crippen molar-refractivity contribution in [3.63, 3.8) is 0 Å². The smallest absolute Gasteiger partial charge is 0.289 e. The molecule has 0 aromatic carbocycles. The zero-order chi connectivity index (χ0) is 8.36. The molecular weight excluding hydrogens is 145 g/mol. The van der Waals surface area contributed by atoms with Gasteiger partial charge in [-0.15, -0.1) is 6.58 Å². The molecule has 1 atom stereocenters. The molecule has 0 radical (unpaired) electrons. The molecule has 0 N–H and O–H groups in total. The molecule has 0 aromatic heterocycles. The van der Waals surface area contributed by atoms with Crippen molar-refractivity contribution in [2.75, 3.05) is 0 Å². The van der Waals surface area contributed by atoms with Crippen molar-refractivity contribution in [3.8, 4) is 0 Å². The molecule has 0 aliphatic rings. The van der Waals surface area contributed by atoms with Gasteiger partial charge in [0.2, 0.25) is 5.78 Å². The van der Waals surface area contributed by atoms with E-state index in [1.54, 1.807) is 0 Å². The first-order chi connectivity index (χ1) is 4.39. The normalized spacial score (nSPS) is 14.4. The van der Waals surface area contributed by atoms with Crippen LogP contribution in [-0.4, -0.2) is 12.0 Å². The van der Waals surface area contributed by atoms with Gasteiger partial charge in [-0.2, -0.15) is 13.2 Å². The maximum atomic E-state index is 11.5. The molecule has 1 unspecified atom stereocenters. The van der Waals surface area contributed by atoms with Gasteiger partial charge >= 0.3 is 6.18 Å². The predicted molar refractivity (Wildman–Crippen MR) is 30.4 cm³/mol. The standard InChI is InChI=1S/C6H7F3O/c1-3-4(2)5(10)6(7,8)9/h3-4H,1H2,2H3. The predicted octanol–water partition coefficient (Wildman–Crippen LogP) is 1.94. The van der Waals surface area contributed by atoms with Crippen LogP contribution in [0.4, 0.5) is 13.2 Å². The lowest BCUT2D eigenvalue weighted by Crippen LogP contribution is -2.27. The molecule has 10 heavy (non-hydrogen) atoms. The second-order valence-corrected chi connectivity index (χ2v) is 1.89. The van der Waals surface area contributed by atoms with Crippen LogP contribution in [-0.2, 0) is 4.79 Å². The summed E-state index contributed by atoms with van der Waals surface area (Å²) in [4.78, 5) is 10.2. The third kappa shape index (κ3) is 2.21. The van der Waals surface area contributed by atoms with Crippen molar-refractivity contribution >= 4 is 5.78 Å². The number of carbonyl (C=O) groups excluding carboxylic acids is 1. The minimum Gasteiger partial charge on any atom is -0.289 e. The lowest BCUT2D eigenvalue weighted by Gasteiger charge is -2.07. The van der Waals surface area contributed by atoms with E-state index < -0.39 is 17.9 Å². The molecule has 0 aliphatic carbocycles. The summed E-state index contributed by atoms with van der Waals surface area (Å²) in [7, 11) is 0. The van der Waals surface area contributed by atoms with Crippen LogP contribution in [0, 0.1) is 5.92 Å². The Morgan fingerprint density at radius 2 is 2.00 bits per heavy atom. The van der Waals surface area contributed by atoms with E-state index in [1.165, 1.54) is 0 Å². The fourth-order valence-electron chi connectivity index (χ4n) is 0.365. The van der Waals surface area contributed by atoms with E-state index in [2.05, 4.69) is 6.58 Å². The second-order valence-electron chi connectivity index (χ2n) is 1.89. The van der Waals surface area contributed by atoms with Crippen LogP contribution in [0.2, 0.25) is 0 Å². The molecule has 0 aliphatic heterocycles. The molecule has 0 bridgehead atoms. The number of Topliss-reactive ketones (excluding diaryl/α,β-unsaturated/α-hetero) is 1. The van der Waals surface area contributed by atoms with Gasteiger partial charge in [0.25, 0.3) is 0 Å². The van der Waals surface area contributed by atoms with Gasteiger partial charge < -0.3 is 0 Å². The van der Waals surface area contributed by atoms with E-state index in [9.17, 15) is 18.0 Å². The van der Waals surface area contributed by atoms with Crippen LogP contribution < -0.4 is 0 Å². The zero-order valence-corrected chi connectivity index (χ0v) is 5.40. The number of rotatable bonds is 2. The van der Waals surface area contributed by atoms with Crippen molar-refractivity contribution in [2.24, 2.45) is 5.92 Å². The average Bonchev–Trinajstić information content (AvgIpc) is 1.83. The highest BCUT2D eigenvalue weighted by Gasteiger charge is 2.40. The summed E-state index contributed by atoms with van der Waals surface area (Å²) in [6.45, 7) is 4.23. The highest BCUT2D eigenvalue weighted by Crippen LogP contribution is 2.20. The zero-order valence-electron chi connectivity index (χ0n) is 5.40. The van der Waals surface area contributed by atoms with Gasteiger partial charge in [-0.05, 0) is 0 Å². The maximum absolute atomic E-state index is 11.5. The topological polar surface area (TPSA) is 17.1 Å². The summed E-state index contributed by atoms with van der Waals surface area (Å²) in [6, 6.07) is 0. The Balaban J connectivity index is 4.22. The van der Waals surface area contributed by atoms with E-state index in [4.69, 9.17) is 0 Å². The highest BCUT2D eigenvalue weighted by atomic mass is 19.4. The highest BCUT2D eigenvalue weighted by molar-refractivity contribution is 5.87. The number of halogens is 3. The van der Waals surface area contributed by atoms with Crippen molar-refractivity contribution in [1.29, 1.82) is 0 Å². The molecule has 0 rings (SSSR count). The van der Waals surface area contributed by atoms with E-state index >= 15 is 0 Å². The fraction of sp³-hybridized carbons (Fsp3) is 0.500. The molecule has 0 fully saturated rings. The summed E-state index contributed by atoms with van der Waals surface area (Å²) in [6.07, 6.45) is -3.76. The molecule has 0 saturated carbocycles. The lowest BCUT2D eigenvalue weighted by molar-refractivity contribution is -0.173. The summed E-state index contributed by atoms with van der Waals surface area (Å²) >= 11 is 0. The largest absolute Gasteiger partial charge is 0.450 e. The quantitative estimate of drug-likeness (QED) is 0.552. The van der Waals surface area contributed by atoms with Crippen molar-refractivity contribution < 1.29 is 18.0 Å². The van der Waals surface area contributed by atoms with E-state index in [0.29, 0.717) is 0 Å². The molecule has 0 spiro atoms. The molecule has 0 amide bonds. The van der Waals surface area contributed by atoms with Gasteiger partial charge in [0.1, 0.15) is 0 Å². The third-order valence-corrected chi connectivity index (χ3v) is 1.05. The number of hydrogen-bond donors (Lipinski definition) is 0. The number of hydrogen-bond acceptors (Lipinski definition) is 1. The second kappa shape index (κ2) is 2.86. The van der Waals surface area contributed by atoms with Crippen LogP contribution in [0.1, 0.15) is 6.92 Å². The van der Waals surface area contributed by atoms with Gasteiger partial charge in [-0.25, -0.2) is 0 Å². The summed E-state index contributed by atoms with van der Waals surface area (Å²) < 4.78 is 34.5. The molecule has 58 valence electrons. The Bertz CT molecular complexity index is 148. The van der Waals surface area contributed by atoms with Gasteiger partial charge in [-0.1, -0.05) is 13.0 Å². The van der Waals surface area contributed by atoms with Crippen LogP contribution in [0.25, 0.3) is 0 Å². The number of allylic oxidation sites excluding steroid dienone is 1. The van der Waals surface area contributed by atoms with Gasteiger partial charge in [0, 0.05) is 5.92 Å². The Morgan fingerprint density at radius 3 is 2.10 bits per heavy atom.